The number of nitrogens with one attached hydrogen (secondary N) is 4. The van der Waals surface area contributed by atoms with Crippen LogP contribution in [0.2, 0.25) is 0 Å². The number of rotatable bonds is 11. The third-order valence-corrected chi connectivity index (χ3v) is 12.9. The lowest BCUT2D eigenvalue weighted by atomic mass is 9.90. The summed E-state index contributed by atoms with van der Waals surface area (Å²) >= 11 is 0. The predicted molar refractivity (Wildman–Crippen MR) is 240 cm³/mol. The number of H-pyrrole nitrogens is 2. The maximum atomic E-state index is 15.0. The molecule has 0 spiro atoms. The second kappa shape index (κ2) is 18.8. The van der Waals surface area contributed by atoms with Crippen LogP contribution in [0.25, 0.3) is 44.4 Å². The van der Waals surface area contributed by atoms with Gasteiger partial charge >= 0.3 is 12.2 Å². The van der Waals surface area contributed by atoms with Crippen LogP contribution in [0.4, 0.5) is 18.4 Å². The molecule has 3 aliphatic heterocycles. The van der Waals surface area contributed by atoms with Crippen LogP contribution in [0.3, 0.4) is 0 Å². The van der Waals surface area contributed by atoms with E-state index in [1.807, 2.05) is 48.5 Å². The molecule has 9 rings (SSSR count). The molecule has 2 unspecified atom stereocenters. The molecule has 342 valence electrons. The van der Waals surface area contributed by atoms with Crippen molar-refractivity contribution in [2.45, 2.75) is 62.2 Å². The van der Waals surface area contributed by atoms with E-state index in [0.29, 0.717) is 49.7 Å². The van der Waals surface area contributed by atoms with Gasteiger partial charge in [0.05, 0.1) is 56.6 Å². The number of aromatic nitrogens is 4. The molecule has 5 heterocycles. The average Bonchev–Trinajstić information content (AvgIpc) is 4.19. The number of halogens is 2. The van der Waals surface area contributed by atoms with Gasteiger partial charge < -0.3 is 44.6 Å². The molecule has 0 bridgehead atoms. The van der Waals surface area contributed by atoms with Crippen LogP contribution < -0.4 is 10.6 Å². The fourth-order valence-electron chi connectivity index (χ4n) is 9.42. The molecule has 6 aromatic rings. The van der Waals surface area contributed by atoms with Gasteiger partial charge in [-0.15, -0.1) is 0 Å². The molecular formula is C49H50F2N8O7. The molecule has 3 saturated heterocycles. The van der Waals surface area contributed by atoms with Crippen molar-refractivity contribution in [3.63, 3.8) is 0 Å². The van der Waals surface area contributed by atoms with E-state index in [1.54, 1.807) is 29.4 Å². The number of ether oxygens (including phenoxy) is 3. The van der Waals surface area contributed by atoms with Gasteiger partial charge in [0, 0.05) is 31.7 Å². The number of imidazole rings is 2. The van der Waals surface area contributed by atoms with Crippen LogP contribution in [0.5, 0.6) is 0 Å². The molecule has 4 aromatic carbocycles. The molecule has 0 radical (unpaired) electrons. The first-order valence-electron chi connectivity index (χ1n) is 22.0. The monoisotopic (exact) mass is 900 g/mol. The number of hydrogen-bond acceptors (Lipinski definition) is 9. The van der Waals surface area contributed by atoms with E-state index in [0.717, 1.165) is 56.5 Å². The zero-order chi connectivity index (χ0) is 46.0. The lowest BCUT2D eigenvalue weighted by molar-refractivity contribution is -0.138. The number of carbonyl (C=O) groups is 4. The largest absolute Gasteiger partial charge is 0.453 e. The fraction of sp³-hybridized carbons (Fsp3) is 0.347. The number of carbonyl (C=O) groups excluding carboxylic acids is 4. The van der Waals surface area contributed by atoms with Crippen molar-refractivity contribution in [2.24, 2.45) is 5.92 Å². The highest BCUT2D eigenvalue weighted by Gasteiger charge is 2.51. The number of amides is 4. The maximum absolute atomic E-state index is 15.0. The van der Waals surface area contributed by atoms with Gasteiger partial charge in [0.15, 0.2) is 0 Å². The highest BCUT2D eigenvalue weighted by Crippen LogP contribution is 2.42. The lowest BCUT2D eigenvalue weighted by Crippen LogP contribution is -2.53. The second-order valence-corrected chi connectivity index (χ2v) is 17.0. The Kier molecular flexibility index (Phi) is 12.5. The Morgan fingerprint density at radius 1 is 0.712 bits per heavy atom. The van der Waals surface area contributed by atoms with Crippen molar-refractivity contribution in [2.75, 3.05) is 40.5 Å². The smallest absolute Gasteiger partial charge is 0.407 e. The van der Waals surface area contributed by atoms with E-state index in [4.69, 9.17) is 19.2 Å². The molecule has 2 aromatic heterocycles. The maximum Gasteiger partial charge on any atom is 0.407 e. The Morgan fingerprint density at radius 2 is 1.30 bits per heavy atom. The van der Waals surface area contributed by atoms with Gasteiger partial charge in [0.25, 0.3) is 11.8 Å². The highest BCUT2D eigenvalue weighted by molar-refractivity contribution is 5.91. The summed E-state index contributed by atoms with van der Waals surface area (Å²) in [4.78, 5) is 71.2. The predicted octanol–water partition coefficient (Wildman–Crippen LogP) is 8.11. The van der Waals surface area contributed by atoms with Gasteiger partial charge in [-0.3, -0.25) is 9.59 Å². The summed E-state index contributed by atoms with van der Waals surface area (Å²) in [6, 6.07) is 26.1. The van der Waals surface area contributed by atoms with Crippen LogP contribution >= 0.6 is 0 Å². The summed E-state index contributed by atoms with van der Waals surface area (Å²) < 4.78 is 45.1. The minimum absolute atomic E-state index is 0.234. The molecule has 15 nitrogen and oxygen atoms in total. The molecule has 17 heteroatoms. The summed E-state index contributed by atoms with van der Waals surface area (Å²) in [7, 11) is 2.46. The van der Waals surface area contributed by atoms with Gasteiger partial charge in [-0.05, 0) is 76.8 Å². The normalized spacial score (nSPS) is 19.3. The van der Waals surface area contributed by atoms with Crippen molar-refractivity contribution in [1.82, 2.24) is 40.4 Å². The first kappa shape index (κ1) is 44.1. The number of methoxy groups -OCH3 is 2. The summed E-state index contributed by atoms with van der Waals surface area (Å²) in [6.45, 7) is 0.540. The highest BCUT2D eigenvalue weighted by atomic mass is 19.3. The van der Waals surface area contributed by atoms with Crippen LogP contribution in [0.15, 0.2) is 103 Å². The standard InChI is InChI=1S/C49H50F2N8O7/c1-64-47(62)56-41(31-7-4-3-5-8-31)45(60)58-20-6-9-39(58)43-52-27-38(55-43)36-17-16-34-23-33(14-15-35(34)24-36)29-10-12-30(13-11-29)37-26-53-44(54-37)40-25-49(50,51)28-59(40)46(61)42(57-48(63)65-2)32-18-21-66-22-19-32/h3-5,7-8,10-17,23-24,26-27,32,39-42H,6,9,18-22,25,28H2,1-2H3,(H,52,55)(H,53,54)(H,56,62)(H,57,63)/t39?,40?,41-,42+/m1/s1. The molecule has 66 heavy (non-hydrogen) atoms. The van der Waals surface area contributed by atoms with Gasteiger partial charge in [0.2, 0.25) is 5.91 Å². The van der Waals surface area contributed by atoms with Crippen LogP contribution in [0.1, 0.15) is 67.4 Å². The SMILES string of the molecule is COC(=O)N[C@H](C(=O)N1CC(F)(F)CC1c1ncc(-c2ccc(-c3ccc4cc(-c5cnc(C6CCCN6C(=O)[C@H](NC(=O)OC)c6ccccc6)[nH]5)ccc4c3)cc2)[nH]1)C1CCOCC1. The van der Waals surface area contributed by atoms with Gasteiger partial charge in [-0.25, -0.2) is 28.3 Å². The Hall–Kier alpha value is -7.14. The molecule has 0 saturated carbocycles. The van der Waals surface area contributed by atoms with E-state index in [-0.39, 0.29) is 23.7 Å². The van der Waals surface area contributed by atoms with Crippen LogP contribution in [-0.4, -0.2) is 106 Å². The van der Waals surface area contributed by atoms with Gasteiger partial charge in [-0.2, -0.15) is 0 Å². The number of alkyl halides is 2. The first-order chi connectivity index (χ1) is 32.0. The molecule has 4 amide bonds. The number of nitrogens with zero attached hydrogens (tertiary/aromatic N) is 4. The van der Waals surface area contributed by atoms with Gasteiger partial charge in [-0.1, -0.05) is 78.9 Å². The molecule has 3 aliphatic rings. The van der Waals surface area contributed by atoms with Crippen LogP contribution in [-0.2, 0) is 23.8 Å². The fourth-order valence-corrected chi connectivity index (χ4v) is 9.42. The van der Waals surface area contributed by atoms with Crippen molar-refractivity contribution in [3.05, 3.63) is 121 Å². The van der Waals surface area contributed by atoms with Crippen molar-refractivity contribution in [3.8, 4) is 33.6 Å². The van der Waals surface area contributed by atoms with Crippen molar-refractivity contribution >= 4 is 34.8 Å². The second-order valence-electron chi connectivity index (χ2n) is 17.0. The number of hydrogen-bond donors (Lipinski definition) is 4. The lowest BCUT2D eigenvalue weighted by Gasteiger charge is -2.33. The number of aromatic amines is 2. The summed E-state index contributed by atoms with van der Waals surface area (Å²) in [5, 5.41) is 7.36. The quantitative estimate of drug-likeness (QED) is 0.0998. The molecule has 3 fully saturated rings. The number of fused-ring (bicyclic) bond motifs is 1. The van der Waals surface area contributed by atoms with E-state index < -0.39 is 55.1 Å². The van der Waals surface area contributed by atoms with E-state index in [2.05, 4.69) is 55.9 Å². The number of alkyl carbamates (subject to hydrolysis) is 2. The summed E-state index contributed by atoms with van der Waals surface area (Å²) in [5.74, 6) is -3.37. The van der Waals surface area contributed by atoms with Crippen molar-refractivity contribution in [1.29, 1.82) is 0 Å². The Morgan fingerprint density at radius 3 is 1.98 bits per heavy atom. The topological polar surface area (TPSA) is 184 Å². The average molecular weight is 901 g/mol. The zero-order valence-electron chi connectivity index (χ0n) is 36.5. The molecular weight excluding hydrogens is 851 g/mol. The Labute approximate surface area is 379 Å². The van der Waals surface area contributed by atoms with E-state index in [9.17, 15) is 19.2 Å². The zero-order valence-corrected chi connectivity index (χ0v) is 36.5. The molecule has 0 aliphatic carbocycles. The Bertz CT molecular complexity index is 2720. The number of likely N-dealkylation sites (tertiary alicyclic amines) is 2. The Balaban J connectivity index is 0.882. The summed E-state index contributed by atoms with van der Waals surface area (Å²) in [6.07, 6.45) is 3.77. The third-order valence-electron chi connectivity index (χ3n) is 12.9. The van der Waals surface area contributed by atoms with Crippen molar-refractivity contribution < 1.29 is 42.2 Å². The minimum atomic E-state index is -3.15. The number of benzene rings is 4. The van der Waals surface area contributed by atoms with E-state index >= 15 is 8.78 Å². The third kappa shape index (κ3) is 9.20. The first-order valence-corrected chi connectivity index (χ1v) is 22.0. The minimum Gasteiger partial charge on any atom is -0.453 e. The molecule has 4 atom stereocenters. The summed E-state index contributed by atoms with van der Waals surface area (Å²) in [5.41, 5.74) is 5.78. The van der Waals surface area contributed by atoms with Gasteiger partial charge in [0.1, 0.15) is 23.7 Å². The van der Waals surface area contributed by atoms with E-state index in [1.165, 1.54) is 14.2 Å². The molecule has 4 N–H and O–H groups in total. The van der Waals surface area contributed by atoms with Crippen LogP contribution in [0, 0.1) is 5.92 Å².